The molecule has 2 aliphatic heterocycles. The number of thiocarbonyl (C=S) groups is 1. The first-order chi connectivity index (χ1) is 4.27. The number of nitrogens with zero attached hydrogens (tertiary/aromatic N) is 1. The lowest BCUT2D eigenvalue weighted by Gasteiger charge is -2.22. The van der Waals surface area contributed by atoms with E-state index in [4.69, 9.17) is 17.0 Å². The molecule has 0 spiro atoms. The van der Waals surface area contributed by atoms with Crippen LogP contribution in [0.3, 0.4) is 0 Å². The van der Waals surface area contributed by atoms with E-state index < -0.39 is 0 Å². The van der Waals surface area contributed by atoms with Gasteiger partial charge in [0.2, 0.25) is 0 Å². The number of ether oxygens (including phenoxy) is 1. The molecule has 2 aliphatic rings. The molecular weight excluding hydrogens is 136 g/mol. The van der Waals surface area contributed by atoms with E-state index in [9.17, 15) is 0 Å². The van der Waals surface area contributed by atoms with Gasteiger partial charge in [-0.2, -0.15) is 0 Å². The second-order valence-electron chi connectivity index (χ2n) is 2.43. The first kappa shape index (κ1) is 5.44. The van der Waals surface area contributed by atoms with Gasteiger partial charge in [0.25, 0.3) is 0 Å². The maximum atomic E-state index is 5.18. The summed E-state index contributed by atoms with van der Waals surface area (Å²) in [6.07, 6.45) is 0.621. The highest BCUT2D eigenvalue weighted by molar-refractivity contribution is 7.80. The van der Waals surface area contributed by atoms with Crippen LogP contribution in [0.5, 0.6) is 0 Å². The Morgan fingerprint density at radius 1 is 1.89 bits per heavy atom. The molecule has 0 bridgehead atoms. The molecule has 2 atom stereocenters. The van der Waals surface area contributed by atoms with Crippen molar-refractivity contribution in [3.8, 4) is 0 Å². The van der Waals surface area contributed by atoms with Crippen LogP contribution in [-0.2, 0) is 4.74 Å². The Bertz CT molecular complexity index is 161. The van der Waals surface area contributed by atoms with Crippen molar-refractivity contribution in [1.29, 1.82) is 0 Å². The fourth-order valence-electron chi connectivity index (χ4n) is 0.993. The van der Waals surface area contributed by atoms with Crippen molar-refractivity contribution >= 4 is 17.3 Å². The predicted molar refractivity (Wildman–Crippen MR) is 37.0 cm³/mol. The van der Waals surface area contributed by atoms with Gasteiger partial charge >= 0.3 is 0 Å². The molecule has 0 aromatic rings. The molecule has 1 N–H and O–H groups in total. The lowest BCUT2D eigenvalue weighted by molar-refractivity contribution is 0.356. The van der Waals surface area contributed by atoms with Gasteiger partial charge in [-0.25, -0.2) is 0 Å². The van der Waals surface area contributed by atoms with Crippen LogP contribution >= 0.6 is 12.2 Å². The molecule has 2 heterocycles. The standard InChI is InChI=1S/C5H8N2OS/c1-7-2-3-4(8-3)6-5(7)9/h3-4H,2H2,1H3,(H,6,9). The molecular formula is C5H8N2OS. The van der Waals surface area contributed by atoms with Crippen molar-refractivity contribution in [3.05, 3.63) is 0 Å². The van der Waals surface area contributed by atoms with Crippen LogP contribution in [0.25, 0.3) is 0 Å². The van der Waals surface area contributed by atoms with Crippen molar-refractivity contribution in [2.75, 3.05) is 13.6 Å². The molecule has 0 saturated carbocycles. The molecule has 0 amide bonds. The second-order valence-corrected chi connectivity index (χ2v) is 2.81. The zero-order chi connectivity index (χ0) is 6.43. The summed E-state index contributed by atoms with van der Waals surface area (Å²) in [5.41, 5.74) is 0. The summed E-state index contributed by atoms with van der Waals surface area (Å²) >= 11 is 4.97. The fourth-order valence-corrected chi connectivity index (χ4v) is 1.18. The smallest absolute Gasteiger partial charge is 0.170 e. The lowest BCUT2D eigenvalue weighted by Crippen LogP contribution is -2.46. The molecule has 0 radical (unpaired) electrons. The fraction of sp³-hybridized carbons (Fsp3) is 0.800. The SMILES string of the molecule is CN1CC2OC2NC1=S. The zero-order valence-corrected chi connectivity index (χ0v) is 5.94. The largest absolute Gasteiger partial charge is 0.350 e. The normalized spacial score (nSPS) is 39.7. The molecule has 3 nitrogen and oxygen atoms in total. The number of fused-ring (bicyclic) bond motifs is 1. The summed E-state index contributed by atoms with van der Waals surface area (Å²) < 4.78 is 5.18. The van der Waals surface area contributed by atoms with E-state index in [0.717, 1.165) is 11.7 Å². The summed E-state index contributed by atoms with van der Waals surface area (Å²) in [5.74, 6) is 0. The van der Waals surface area contributed by atoms with E-state index in [-0.39, 0.29) is 6.23 Å². The molecule has 50 valence electrons. The molecule has 2 rings (SSSR count). The summed E-state index contributed by atoms with van der Waals surface area (Å²) in [4.78, 5) is 1.99. The average molecular weight is 144 g/mol. The minimum Gasteiger partial charge on any atom is -0.350 e. The molecule has 0 aromatic carbocycles. The second kappa shape index (κ2) is 1.58. The quantitative estimate of drug-likeness (QED) is 0.367. The van der Waals surface area contributed by atoms with Crippen LogP contribution in [0, 0.1) is 0 Å². The highest BCUT2D eigenvalue weighted by Crippen LogP contribution is 2.23. The minimum absolute atomic E-state index is 0.230. The van der Waals surface area contributed by atoms with Crippen molar-refractivity contribution in [2.45, 2.75) is 12.3 Å². The van der Waals surface area contributed by atoms with Gasteiger partial charge in [0, 0.05) is 7.05 Å². The van der Waals surface area contributed by atoms with E-state index in [1.807, 2.05) is 11.9 Å². The van der Waals surface area contributed by atoms with Gasteiger partial charge in [-0.15, -0.1) is 0 Å². The van der Waals surface area contributed by atoms with Crippen LogP contribution in [0.1, 0.15) is 0 Å². The Balaban J connectivity index is 2.06. The number of likely N-dealkylation sites (N-methyl/N-ethyl adjacent to an activating group) is 1. The van der Waals surface area contributed by atoms with E-state index >= 15 is 0 Å². The number of nitrogens with one attached hydrogen (secondary N) is 1. The van der Waals surface area contributed by atoms with Crippen LogP contribution < -0.4 is 5.32 Å². The summed E-state index contributed by atoms with van der Waals surface area (Å²) in [7, 11) is 1.97. The average Bonchev–Trinajstić information content (AvgIpc) is 2.46. The first-order valence-corrected chi connectivity index (χ1v) is 3.35. The third kappa shape index (κ3) is 0.784. The van der Waals surface area contributed by atoms with E-state index in [1.54, 1.807) is 0 Å². The van der Waals surface area contributed by atoms with Gasteiger partial charge in [-0.05, 0) is 12.2 Å². The Morgan fingerprint density at radius 2 is 2.67 bits per heavy atom. The monoisotopic (exact) mass is 144 g/mol. The predicted octanol–water partition coefficient (Wildman–Crippen LogP) is -0.469. The first-order valence-electron chi connectivity index (χ1n) is 2.94. The zero-order valence-electron chi connectivity index (χ0n) is 5.13. The van der Waals surface area contributed by atoms with Crippen LogP contribution in [0.4, 0.5) is 0 Å². The van der Waals surface area contributed by atoms with Gasteiger partial charge in [0.1, 0.15) is 6.10 Å². The highest BCUT2D eigenvalue weighted by Gasteiger charge is 2.44. The number of hydrogen-bond acceptors (Lipinski definition) is 2. The molecule has 2 saturated heterocycles. The van der Waals surface area contributed by atoms with Crippen molar-refractivity contribution in [2.24, 2.45) is 0 Å². The van der Waals surface area contributed by atoms with E-state index in [1.165, 1.54) is 0 Å². The molecule has 2 unspecified atom stereocenters. The van der Waals surface area contributed by atoms with Crippen molar-refractivity contribution in [3.63, 3.8) is 0 Å². The van der Waals surface area contributed by atoms with Crippen molar-refractivity contribution < 1.29 is 4.74 Å². The summed E-state index contributed by atoms with van der Waals surface area (Å²) in [5, 5.41) is 3.84. The highest BCUT2D eigenvalue weighted by atomic mass is 32.1. The molecule has 4 heteroatoms. The Kier molecular flexibility index (Phi) is 0.952. The third-order valence-corrected chi connectivity index (χ3v) is 2.08. The Morgan fingerprint density at radius 3 is 3.33 bits per heavy atom. The topological polar surface area (TPSA) is 27.8 Å². The maximum Gasteiger partial charge on any atom is 0.170 e. The van der Waals surface area contributed by atoms with Gasteiger partial charge in [-0.1, -0.05) is 0 Å². The molecule has 9 heavy (non-hydrogen) atoms. The molecule has 0 aromatic heterocycles. The number of hydrogen-bond donors (Lipinski definition) is 1. The third-order valence-electron chi connectivity index (χ3n) is 1.65. The van der Waals surface area contributed by atoms with Crippen LogP contribution in [0.2, 0.25) is 0 Å². The summed E-state index contributed by atoms with van der Waals surface area (Å²) in [6.45, 7) is 0.941. The number of rotatable bonds is 0. The number of epoxide rings is 1. The minimum atomic E-state index is 0.230. The van der Waals surface area contributed by atoms with E-state index in [2.05, 4.69) is 5.32 Å². The van der Waals surface area contributed by atoms with Gasteiger partial charge < -0.3 is 15.0 Å². The van der Waals surface area contributed by atoms with E-state index in [0.29, 0.717) is 6.10 Å². The van der Waals surface area contributed by atoms with Crippen LogP contribution in [-0.4, -0.2) is 35.9 Å². The van der Waals surface area contributed by atoms with Crippen molar-refractivity contribution in [1.82, 2.24) is 10.2 Å². The lowest BCUT2D eigenvalue weighted by atomic mass is 10.3. The summed E-state index contributed by atoms with van der Waals surface area (Å²) in [6, 6.07) is 0. The molecule has 0 aliphatic carbocycles. The van der Waals surface area contributed by atoms with Crippen LogP contribution in [0.15, 0.2) is 0 Å². The Labute approximate surface area is 59.0 Å². The van der Waals surface area contributed by atoms with Gasteiger partial charge in [0.15, 0.2) is 11.3 Å². The van der Waals surface area contributed by atoms with Gasteiger partial charge in [0.05, 0.1) is 6.54 Å². The molecule has 2 fully saturated rings. The maximum absolute atomic E-state index is 5.18. The Hall–Kier alpha value is -0.350. The van der Waals surface area contributed by atoms with Gasteiger partial charge in [-0.3, -0.25) is 0 Å².